The molecule has 0 radical (unpaired) electrons. The van der Waals surface area contributed by atoms with E-state index in [1.165, 1.54) is 36.7 Å². The number of carbonyl (C=O) groups excluding carboxylic acids is 1. The van der Waals surface area contributed by atoms with Crippen molar-refractivity contribution in [3.8, 4) is 0 Å². The zero-order chi connectivity index (χ0) is 23.9. The highest BCUT2D eigenvalue weighted by atomic mass is 31.2. The predicted octanol–water partition coefficient (Wildman–Crippen LogP) is 4.34. The Morgan fingerprint density at radius 3 is 2.82 bits per heavy atom. The lowest BCUT2D eigenvalue weighted by Crippen LogP contribution is -2.45. The van der Waals surface area contributed by atoms with Crippen molar-refractivity contribution in [1.82, 2.24) is 14.2 Å². The van der Waals surface area contributed by atoms with Gasteiger partial charge in [0.25, 0.3) is 8.53 Å². The molecule has 1 aromatic heterocycles. The van der Waals surface area contributed by atoms with E-state index in [1.54, 1.807) is 26.1 Å². The van der Waals surface area contributed by atoms with Gasteiger partial charge in [-0.05, 0) is 38.2 Å². The van der Waals surface area contributed by atoms with Crippen molar-refractivity contribution in [1.29, 1.82) is 0 Å². The highest BCUT2D eigenvalue weighted by Gasteiger charge is 2.57. The summed E-state index contributed by atoms with van der Waals surface area (Å²) in [5.41, 5.74) is -0.463. The van der Waals surface area contributed by atoms with Crippen LogP contribution in [0.15, 0.2) is 17.1 Å². The molecule has 0 bridgehead atoms. The summed E-state index contributed by atoms with van der Waals surface area (Å²) in [6.07, 6.45) is 10.8. The minimum Gasteiger partial charge on any atom is -0.352 e. The minimum atomic E-state index is -1.12. The van der Waals surface area contributed by atoms with Gasteiger partial charge in [-0.1, -0.05) is 40.0 Å². The van der Waals surface area contributed by atoms with Crippen LogP contribution in [0.25, 0.3) is 0 Å². The summed E-state index contributed by atoms with van der Waals surface area (Å²) in [6, 6.07) is 2.13. The third-order valence-corrected chi connectivity index (χ3v) is 9.59. The maximum absolute atomic E-state index is 12.7. The van der Waals surface area contributed by atoms with Crippen molar-refractivity contribution < 1.29 is 18.6 Å². The third kappa shape index (κ3) is 4.58. The second-order valence-corrected chi connectivity index (χ2v) is 11.7. The number of hydrogen-bond acceptors (Lipinski definition) is 7. The molecule has 4 heterocycles. The molecule has 1 aromatic rings. The third-order valence-electron chi connectivity index (χ3n) is 7.73. The molecule has 34 heavy (non-hydrogen) atoms. The van der Waals surface area contributed by atoms with Gasteiger partial charge >= 0.3 is 5.69 Å². The van der Waals surface area contributed by atoms with E-state index < -0.39 is 20.4 Å². The number of rotatable bonds is 6. The lowest BCUT2D eigenvalue weighted by molar-refractivity contribution is -0.118. The molecule has 2 unspecified atom stereocenters. The Hall–Kier alpha value is -1.38. The maximum Gasteiger partial charge on any atom is 0.351 e. The number of hydrogen-bond donors (Lipinski definition) is 1. The number of nitrogens with zero attached hydrogens (tertiary/aromatic N) is 3. The fourth-order valence-corrected chi connectivity index (χ4v) is 8.02. The molecule has 10 heteroatoms. The number of nitrogens with one attached hydrogen (secondary N) is 1. The van der Waals surface area contributed by atoms with Gasteiger partial charge in [0.1, 0.15) is 12.0 Å². The Morgan fingerprint density at radius 2 is 2.12 bits per heavy atom. The van der Waals surface area contributed by atoms with Gasteiger partial charge in [-0.15, -0.1) is 0 Å². The fraction of sp³-hybridized carbons (Fsp3) is 0.792. The normalized spacial score (nSPS) is 33.0. The maximum atomic E-state index is 12.7. The molecule has 1 aliphatic carbocycles. The van der Waals surface area contributed by atoms with E-state index in [0.717, 1.165) is 25.8 Å². The SMILES string of the molecule is CC[C@H]1O[C@@H](n2ccc(NC(=O)C(C)C)nc2=O)CC1OP1OC2(CCCC2)[C@@H]2CCCCN21. The van der Waals surface area contributed by atoms with Crippen LogP contribution < -0.4 is 11.0 Å². The van der Waals surface area contributed by atoms with E-state index in [-0.39, 0.29) is 35.5 Å². The number of piperidine rings is 1. The van der Waals surface area contributed by atoms with Gasteiger partial charge < -0.3 is 19.1 Å². The second kappa shape index (κ2) is 9.94. The lowest BCUT2D eigenvalue weighted by atomic mass is 9.86. The smallest absolute Gasteiger partial charge is 0.351 e. The van der Waals surface area contributed by atoms with Crippen molar-refractivity contribution >= 4 is 20.3 Å². The van der Waals surface area contributed by atoms with Gasteiger partial charge in [0.05, 0.1) is 17.8 Å². The molecule has 9 nitrogen and oxygen atoms in total. The van der Waals surface area contributed by atoms with Crippen LogP contribution in [0, 0.1) is 5.92 Å². The first-order valence-electron chi connectivity index (χ1n) is 12.9. The number of aromatic nitrogens is 2. The Bertz CT molecular complexity index is 950. The highest BCUT2D eigenvalue weighted by Crippen LogP contribution is 2.64. The molecular weight excluding hydrogens is 455 g/mol. The molecule has 4 fully saturated rings. The molecule has 1 N–H and O–H groups in total. The van der Waals surface area contributed by atoms with Crippen LogP contribution in [0.4, 0.5) is 5.82 Å². The summed E-state index contributed by atoms with van der Waals surface area (Å²) in [5.74, 6) is -0.0944. The van der Waals surface area contributed by atoms with Crippen LogP contribution in [0.3, 0.4) is 0 Å². The molecular formula is C24H37N4O5P. The van der Waals surface area contributed by atoms with Crippen LogP contribution in [0.1, 0.15) is 84.8 Å². The van der Waals surface area contributed by atoms with Crippen molar-refractivity contribution in [2.75, 3.05) is 11.9 Å². The monoisotopic (exact) mass is 492 g/mol. The van der Waals surface area contributed by atoms with Gasteiger partial charge in [-0.2, -0.15) is 4.98 Å². The summed E-state index contributed by atoms with van der Waals surface area (Å²) in [4.78, 5) is 28.7. The zero-order valence-electron chi connectivity index (χ0n) is 20.4. The molecule has 188 valence electrons. The van der Waals surface area contributed by atoms with Crippen molar-refractivity contribution in [2.45, 2.75) is 109 Å². The van der Waals surface area contributed by atoms with Gasteiger partial charge in [-0.25, -0.2) is 9.46 Å². The molecule has 3 aliphatic heterocycles. The number of amides is 1. The molecule has 1 saturated carbocycles. The summed E-state index contributed by atoms with van der Waals surface area (Å²) in [7, 11) is -1.12. The largest absolute Gasteiger partial charge is 0.352 e. The average Bonchev–Trinajstić information content (AvgIpc) is 3.53. The molecule has 4 aliphatic rings. The fourth-order valence-electron chi connectivity index (χ4n) is 5.83. The Labute approximate surface area is 202 Å². The Kier molecular flexibility index (Phi) is 7.11. The number of ether oxygens (including phenoxy) is 1. The van der Waals surface area contributed by atoms with Crippen LogP contribution in [-0.2, 0) is 18.6 Å². The summed E-state index contributed by atoms with van der Waals surface area (Å²) >= 11 is 0. The van der Waals surface area contributed by atoms with Crippen LogP contribution in [0.2, 0.25) is 0 Å². The van der Waals surface area contributed by atoms with E-state index in [9.17, 15) is 9.59 Å². The van der Waals surface area contributed by atoms with Crippen LogP contribution in [-0.4, -0.2) is 50.5 Å². The highest BCUT2D eigenvalue weighted by molar-refractivity contribution is 7.45. The summed E-state index contributed by atoms with van der Waals surface area (Å²) in [6.45, 7) is 6.72. The van der Waals surface area contributed by atoms with Gasteiger partial charge in [0, 0.05) is 31.1 Å². The van der Waals surface area contributed by atoms with Crippen molar-refractivity contribution in [3.63, 3.8) is 0 Å². The minimum absolute atomic E-state index is 0.0240. The average molecular weight is 493 g/mol. The van der Waals surface area contributed by atoms with Crippen LogP contribution in [0.5, 0.6) is 0 Å². The molecule has 5 atom stereocenters. The summed E-state index contributed by atoms with van der Waals surface area (Å²) < 4.78 is 23.7. The number of anilines is 1. The molecule has 0 aromatic carbocycles. The molecule has 3 saturated heterocycles. The zero-order valence-corrected chi connectivity index (χ0v) is 21.3. The second-order valence-electron chi connectivity index (χ2n) is 10.3. The Balaban J connectivity index is 1.28. The van der Waals surface area contributed by atoms with Crippen LogP contribution >= 0.6 is 8.53 Å². The first-order chi connectivity index (χ1) is 16.4. The molecule has 5 rings (SSSR count). The molecule has 1 spiro atoms. The number of fused-ring (bicyclic) bond motifs is 2. The van der Waals surface area contributed by atoms with Gasteiger partial charge in [0.2, 0.25) is 5.91 Å². The van der Waals surface area contributed by atoms with E-state index in [2.05, 4.69) is 21.9 Å². The van der Waals surface area contributed by atoms with Crippen molar-refractivity contribution in [2.24, 2.45) is 5.92 Å². The van der Waals surface area contributed by atoms with E-state index >= 15 is 0 Å². The lowest BCUT2D eigenvalue weighted by Gasteiger charge is -2.35. The van der Waals surface area contributed by atoms with Gasteiger partial charge in [-0.3, -0.25) is 9.36 Å². The van der Waals surface area contributed by atoms with E-state index in [0.29, 0.717) is 12.5 Å². The number of carbonyl (C=O) groups is 1. The quantitative estimate of drug-likeness (QED) is 0.590. The Morgan fingerprint density at radius 1 is 1.32 bits per heavy atom. The van der Waals surface area contributed by atoms with Gasteiger partial charge in [0.15, 0.2) is 0 Å². The predicted molar refractivity (Wildman–Crippen MR) is 129 cm³/mol. The van der Waals surface area contributed by atoms with E-state index in [1.807, 2.05) is 0 Å². The topological polar surface area (TPSA) is 94.9 Å². The molecule has 1 amide bonds. The van der Waals surface area contributed by atoms with Crippen molar-refractivity contribution in [3.05, 3.63) is 22.7 Å². The standard InChI is InChI=1S/C24H37N4O5P/c1-4-17-18(32-34-28-13-8-5-9-19(28)24(33-34)11-6-7-12-24)15-21(31-17)27-14-10-20(26-23(27)30)25-22(29)16(2)3/h10,14,16-19,21H,4-9,11-13,15H2,1-3H3,(H,25,26,29,30)/t17-,18?,19+,21-,34?/m1/s1. The van der Waals surface area contributed by atoms with E-state index in [4.69, 9.17) is 13.8 Å². The first-order valence-corrected chi connectivity index (χ1v) is 14.0. The first kappa shape index (κ1) is 24.3. The summed E-state index contributed by atoms with van der Waals surface area (Å²) in [5, 5.41) is 2.68.